The third-order valence-corrected chi connectivity index (χ3v) is 0.607. The summed E-state index contributed by atoms with van der Waals surface area (Å²) in [6.07, 6.45) is 1.69. The van der Waals surface area contributed by atoms with Crippen LogP contribution in [-0.4, -0.2) is 6.26 Å². The summed E-state index contributed by atoms with van der Waals surface area (Å²) in [7, 11) is 0. The molecule has 0 heterocycles. The molecule has 0 saturated carbocycles. The van der Waals surface area contributed by atoms with Crippen molar-refractivity contribution in [2.75, 3.05) is 6.26 Å². The summed E-state index contributed by atoms with van der Waals surface area (Å²) in [5.74, 6) is 0. The van der Waals surface area contributed by atoms with Crippen LogP contribution in [0.1, 0.15) is 7.43 Å². The fraction of sp³-hybridized carbons (Fsp3) is 0.250. The van der Waals surface area contributed by atoms with Gasteiger partial charge in [0.15, 0.2) is 0 Å². The topological polar surface area (TPSA) is 0 Å². The average Bonchev–Trinajstić information content (AvgIpc) is 1.96. The van der Waals surface area contributed by atoms with E-state index in [1.54, 1.807) is 6.26 Å². The third kappa shape index (κ3) is 11.5. The Kier molecular flexibility index (Phi) is 27.7. The molecule has 1 rings (SSSR count). The van der Waals surface area contributed by atoms with Crippen molar-refractivity contribution in [2.24, 2.45) is 0 Å². The number of rotatable bonds is 0. The molecule has 0 aliphatic heterocycles. The van der Waals surface area contributed by atoms with E-state index < -0.39 is 0 Å². The SMILES string of the molecule is C.CS.[Y].[c-]1ccccc1. The molecule has 0 aliphatic rings. The quantitative estimate of drug-likeness (QED) is 0.514. The minimum absolute atomic E-state index is 0. The van der Waals surface area contributed by atoms with Gasteiger partial charge in [0.1, 0.15) is 0 Å². The molecular weight excluding hydrogens is 217 g/mol. The Morgan fingerprint density at radius 1 is 1.00 bits per heavy atom. The Labute approximate surface area is 94.7 Å². The molecule has 0 nitrogen and oxygen atoms in total. The van der Waals surface area contributed by atoms with Gasteiger partial charge in [-0.3, -0.25) is 0 Å². The first-order valence-electron chi connectivity index (χ1n) is 2.36. The van der Waals surface area contributed by atoms with Crippen LogP contribution in [0.2, 0.25) is 0 Å². The van der Waals surface area contributed by atoms with Crippen molar-refractivity contribution in [1.82, 2.24) is 0 Å². The van der Waals surface area contributed by atoms with Crippen LogP contribution < -0.4 is 0 Å². The Morgan fingerprint density at radius 3 is 1.50 bits per heavy atom. The zero-order chi connectivity index (χ0) is 6.24. The van der Waals surface area contributed by atoms with E-state index in [1.807, 2.05) is 30.3 Å². The molecule has 1 aromatic carbocycles. The van der Waals surface area contributed by atoms with Crippen LogP contribution in [0, 0.1) is 6.07 Å². The van der Waals surface area contributed by atoms with Crippen molar-refractivity contribution < 1.29 is 32.7 Å². The van der Waals surface area contributed by atoms with Gasteiger partial charge in [-0.1, -0.05) is 7.43 Å². The van der Waals surface area contributed by atoms with E-state index in [4.69, 9.17) is 0 Å². The molecule has 0 bridgehead atoms. The van der Waals surface area contributed by atoms with E-state index in [9.17, 15) is 0 Å². The predicted molar refractivity (Wildman–Crippen MR) is 46.9 cm³/mol. The summed E-state index contributed by atoms with van der Waals surface area (Å²) >= 11 is 3.53. The average molecular weight is 230 g/mol. The fourth-order valence-corrected chi connectivity index (χ4v) is 0.342. The van der Waals surface area contributed by atoms with Gasteiger partial charge in [0, 0.05) is 32.7 Å². The molecule has 0 spiro atoms. The summed E-state index contributed by atoms with van der Waals surface area (Å²) in [5, 5.41) is 0. The van der Waals surface area contributed by atoms with Gasteiger partial charge in [-0.25, -0.2) is 0 Å². The van der Waals surface area contributed by atoms with E-state index in [-0.39, 0.29) is 40.1 Å². The van der Waals surface area contributed by atoms with Crippen LogP contribution in [0.4, 0.5) is 0 Å². The van der Waals surface area contributed by atoms with E-state index in [2.05, 4.69) is 18.7 Å². The first-order chi connectivity index (χ1) is 4.00. The fourth-order valence-electron chi connectivity index (χ4n) is 0.342. The molecule has 1 aromatic rings. The van der Waals surface area contributed by atoms with Crippen LogP contribution in [0.15, 0.2) is 30.3 Å². The van der Waals surface area contributed by atoms with Crippen LogP contribution in [0.5, 0.6) is 0 Å². The predicted octanol–water partition coefficient (Wildman–Crippen LogP) is 2.67. The molecule has 55 valence electrons. The molecule has 0 fully saturated rings. The molecule has 0 atom stereocenters. The summed E-state index contributed by atoms with van der Waals surface area (Å²) in [6, 6.07) is 12.5. The monoisotopic (exact) mass is 230 g/mol. The van der Waals surface area contributed by atoms with E-state index in [0.29, 0.717) is 0 Å². The molecule has 2 heteroatoms. The maximum Gasteiger partial charge on any atom is 0 e. The molecule has 0 aromatic heterocycles. The number of thiol groups is 1. The van der Waals surface area contributed by atoms with Crippen LogP contribution >= 0.6 is 12.6 Å². The van der Waals surface area contributed by atoms with Gasteiger partial charge in [0.25, 0.3) is 0 Å². The Hall–Kier alpha value is 0.674. The summed E-state index contributed by atoms with van der Waals surface area (Å²) in [5.41, 5.74) is 0. The van der Waals surface area contributed by atoms with Gasteiger partial charge >= 0.3 is 0 Å². The van der Waals surface area contributed by atoms with Gasteiger partial charge in [-0.05, 0) is 6.26 Å². The maximum atomic E-state index is 3.53. The van der Waals surface area contributed by atoms with Crippen LogP contribution in [0.3, 0.4) is 0 Å². The number of hydrogen-bond donors (Lipinski definition) is 1. The number of benzene rings is 1. The summed E-state index contributed by atoms with van der Waals surface area (Å²) in [4.78, 5) is 0. The smallest absolute Gasteiger partial charge is 0 e. The first-order valence-corrected chi connectivity index (χ1v) is 3.25. The van der Waals surface area contributed by atoms with E-state index >= 15 is 0 Å². The van der Waals surface area contributed by atoms with Crippen LogP contribution in [-0.2, 0) is 32.7 Å². The maximum absolute atomic E-state index is 3.53. The molecule has 0 aliphatic carbocycles. The largest absolute Gasteiger partial charge is 0.184 e. The Balaban J connectivity index is -0.000000114. The molecular formula is C8H13SY-. The van der Waals surface area contributed by atoms with E-state index in [1.165, 1.54) is 0 Å². The molecule has 0 amide bonds. The minimum atomic E-state index is 0. The van der Waals surface area contributed by atoms with Gasteiger partial charge in [-0.15, -0.1) is 0 Å². The van der Waals surface area contributed by atoms with Crippen LogP contribution in [0.25, 0.3) is 0 Å². The molecule has 0 N–H and O–H groups in total. The van der Waals surface area contributed by atoms with Crippen molar-refractivity contribution >= 4 is 12.6 Å². The molecule has 0 saturated heterocycles. The van der Waals surface area contributed by atoms with Gasteiger partial charge in [0.2, 0.25) is 0 Å². The van der Waals surface area contributed by atoms with Gasteiger partial charge < -0.3 is 0 Å². The normalized spacial score (nSPS) is 5.40. The van der Waals surface area contributed by atoms with Crippen molar-refractivity contribution in [3.63, 3.8) is 0 Å². The second-order valence-electron chi connectivity index (χ2n) is 1.08. The Morgan fingerprint density at radius 2 is 1.40 bits per heavy atom. The van der Waals surface area contributed by atoms with Crippen molar-refractivity contribution in [3.05, 3.63) is 36.4 Å². The zero-order valence-corrected chi connectivity index (χ0v) is 9.14. The van der Waals surface area contributed by atoms with Gasteiger partial charge in [0.05, 0.1) is 0 Å². The summed E-state index contributed by atoms with van der Waals surface area (Å²) in [6.45, 7) is 0. The van der Waals surface area contributed by atoms with Gasteiger partial charge in [-0.2, -0.15) is 49.0 Å². The van der Waals surface area contributed by atoms with Crippen molar-refractivity contribution in [2.45, 2.75) is 7.43 Å². The van der Waals surface area contributed by atoms with Crippen molar-refractivity contribution in [1.29, 1.82) is 0 Å². The Bertz CT molecular complexity index is 81.2. The molecule has 10 heavy (non-hydrogen) atoms. The second-order valence-corrected chi connectivity index (χ2v) is 1.08. The molecule has 0 unspecified atom stereocenters. The van der Waals surface area contributed by atoms with Crippen molar-refractivity contribution in [3.8, 4) is 0 Å². The zero-order valence-electron chi connectivity index (χ0n) is 5.41. The summed E-state index contributed by atoms with van der Waals surface area (Å²) < 4.78 is 0. The number of hydrogen-bond acceptors (Lipinski definition) is 1. The second kappa shape index (κ2) is 16.3. The first kappa shape index (κ1) is 17.0. The van der Waals surface area contributed by atoms with E-state index in [0.717, 1.165) is 0 Å². The molecule has 1 radical (unpaired) electrons. The standard InChI is InChI=1S/C6H5.CH4S.CH4.Y/c1-2-4-6-5-3-1;1-2;;/h1-5H;2H,1H3;1H4;/q-1;;;. The minimum Gasteiger partial charge on any atom is -0.184 e. The third-order valence-electron chi connectivity index (χ3n) is 0.607.